The van der Waals surface area contributed by atoms with E-state index in [1.165, 1.54) is 11.8 Å². The zero-order chi connectivity index (χ0) is 43.3. The van der Waals surface area contributed by atoms with E-state index in [0.29, 0.717) is 57.1 Å². The number of carbonyl (C=O) groups excluding carboxylic acids is 4. The van der Waals surface area contributed by atoms with Crippen LogP contribution in [-0.4, -0.2) is 95.0 Å². The van der Waals surface area contributed by atoms with E-state index in [4.69, 9.17) is 14.2 Å². The number of alkyl halides is 3. The minimum Gasteiger partial charge on any atom is -0.491 e. The molecule has 4 aliphatic rings. The first-order valence-electron chi connectivity index (χ1n) is 20.1. The van der Waals surface area contributed by atoms with Crippen LogP contribution in [0.5, 0.6) is 11.6 Å². The van der Waals surface area contributed by atoms with Crippen molar-refractivity contribution < 1.29 is 55.0 Å². The summed E-state index contributed by atoms with van der Waals surface area (Å²) in [6, 6.07) is 4.39. The third kappa shape index (κ3) is 9.41. The lowest BCUT2D eigenvalue weighted by molar-refractivity contribution is -0.244. The summed E-state index contributed by atoms with van der Waals surface area (Å²) in [4.78, 5) is 62.0. The Morgan fingerprint density at radius 1 is 1.08 bits per heavy atom. The van der Waals surface area contributed by atoms with Crippen LogP contribution in [-0.2, 0) is 29.1 Å². The Morgan fingerprint density at radius 3 is 2.46 bits per heavy atom. The number of aromatic nitrogens is 1. The normalized spacial score (nSPS) is 29.2. The first kappa shape index (κ1) is 44.0. The Balaban J connectivity index is 1.35. The summed E-state index contributed by atoms with van der Waals surface area (Å²) in [6.07, 6.45) is 0.157. The first-order valence-corrected chi connectivity index (χ1v) is 21.6. The van der Waals surface area contributed by atoms with Crippen LogP contribution in [0.3, 0.4) is 0 Å². The average molecular weight is 850 g/mol. The zero-order valence-corrected chi connectivity index (χ0v) is 35.2. The largest absolute Gasteiger partial charge is 0.491 e. The van der Waals surface area contributed by atoms with Crippen LogP contribution in [0.1, 0.15) is 93.4 Å². The summed E-state index contributed by atoms with van der Waals surface area (Å²) in [6.45, 7) is 10.2. The van der Waals surface area contributed by atoms with Gasteiger partial charge in [-0.15, -0.1) is 0 Å². The molecule has 3 fully saturated rings. The maximum absolute atomic E-state index is 14.8. The molecular formula is C41H54F3N5O9S. The summed E-state index contributed by atoms with van der Waals surface area (Å²) in [7, 11) is -4.08. The highest BCUT2D eigenvalue weighted by Crippen LogP contribution is 2.48. The molecule has 2 aromatic rings. The van der Waals surface area contributed by atoms with Crippen molar-refractivity contribution in [2.24, 2.45) is 17.8 Å². The van der Waals surface area contributed by atoms with Crippen molar-refractivity contribution >= 4 is 44.6 Å². The van der Waals surface area contributed by atoms with Gasteiger partial charge in [-0.3, -0.25) is 19.1 Å². The molecule has 0 spiro atoms. The molecule has 0 radical (unpaired) electrons. The van der Waals surface area contributed by atoms with E-state index in [-0.39, 0.29) is 37.3 Å². The Bertz CT molecular complexity index is 2110. The number of ether oxygens (including phenoxy) is 3. The van der Waals surface area contributed by atoms with Gasteiger partial charge in [0.05, 0.1) is 17.4 Å². The molecule has 2 saturated carbocycles. The third-order valence-corrected chi connectivity index (χ3v) is 14.1. The lowest BCUT2D eigenvalue weighted by Gasteiger charge is -2.34. The second-order valence-electron chi connectivity index (χ2n) is 17.6. The van der Waals surface area contributed by atoms with Gasteiger partial charge >= 0.3 is 12.3 Å². The monoisotopic (exact) mass is 849 g/mol. The van der Waals surface area contributed by atoms with Gasteiger partial charge in [0, 0.05) is 23.9 Å². The molecule has 0 bridgehead atoms. The summed E-state index contributed by atoms with van der Waals surface area (Å²) in [5, 5.41) is 6.56. The number of halogens is 3. The van der Waals surface area contributed by atoms with E-state index in [1.807, 2.05) is 32.9 Å². The topological polar surface area (TPSA) is 182 Å². The number of pyridine rings is 1. The number of allylic oxidation sites excluding steroid dienone is 1. The Labute approximate surface area is 342 Å². The van der Waals surface area contributed by atoms with Crippen LogP contribution >= 0.6 is 0 Å². The second kappa shape index (κ2) is 16.1. The van der Waals surface area contributed by atoms with Crippen molar-refractivity contribution in [3.63, 3.8) is 0 Å². The van der Waals surface area contributed by atoms with Gasteiger partial charge in [0.15, 0.2) is 0 Å². The molecule has 59 heavy (non-hydrogen) atoms. The van der Waals surface area contributed by atoms with Crippen molar-refractivity contribution in [2.45, 2.75) is 140 Å². The van der Waals surface area contributed by atoms with Crippen LogP contribution in [0.2, 0.25) is 0 Å². The molecule has 1 aromatic carbocycles. The van der Waals surface area contributed by atoms with Gasteiger partial charge in [0.1, 0.15) is 29.5 Å². The fourth-order valence-corrected chi connectivity index (χ4v) is 9.08. The molecule has 2 aliphatic heterocycles. The Hall–Kier alpha value is -4.61. The van der Waals surface area contributed by atoms with Gasteiger partial charge in [-0.05, 0) is 115 Å². The lowest BCUT2D eigenvalue weighted by Crippen LogP contribution is -2.59. The predicted octanol–water partition coefficient (Wildman–Crippen LogP) is 5.69. The van der Waals surface area contributed by atoms with Gasteiger partial charge in [-0.2, -0.15) is 13.2 Å². The molecule has 1 aromatic heterocycles. The maximum atomic E-state index is 14.8. The van der Waals surface area contributed by atoms with E-state index in [9.17, 15) is 40.8 Å². The molecule has 1 saturated heterocycles. The molecule has 0 unspecified atom stereocenters. The smallest absolute Gasteiger partial charge is 0.427 e. The molecule has 3 heterocycles. The highest BCUT2D eigenvalue weighted by atomic mass is 32.2. The number of hydrogen-bond donors (Lipinski definition) is 3. The highest BCUT2D eigenvalue weighted by molar-refractivity contribution is 7.91. The highest BCUT2D eigenvalue weighted by Gasteiger charge is 2.63. The summed E-state index contributed by atoms with van der Waals surface area (Å²) >= 11 is 0. The second-order valence-corrected chi connectivity index (χ2v) is 19.8. The van der Waals surface area contributed by atoms with Crippen molar-refractivity contribution in [3.8, 4) is 11.6 Å². The number of rotatable bonds is 9. The number of fused-ring (bicyclic) bond motifs is 3. The lowest BCUT2D eigenvalue weighted by atomic mass is 9.88. The summed E-state index contributed by atoms with van der Waals surface area (Å²) < 4.78 is 85.8. The van der Waals surface area contributed by atoms with Crippen LogP contribution in [0.15, 0.2) is 42.6 Å². The number of alkyl carbamates (subject to hydrolysis) is 1. The number of nitrogens with zero attached hydrogens (tertiary/aromatic N) is 2. The molecule has 3 N–H and O–H groups in total. The minimum absolute atomic E-state index is 0.0368. The van der Waals surface area contributed by atoms with E-state index in [2.05, 4.69) is 20.3 Å². The molecule has 6 rings (SSSR count). The van der Waals surface area contributed by atoms with Crippen LogP contribution in [0, 0.1) is 17.8 Å². The van der Waals surface area contributed by atoms with Crippen LogP contribution in [0.25, 0.3) is 10.8 Å². The molecule has 18 heteroatoms. The van der Waals surface area contributed by atoms with E-state index in [0.717, 1.165) is 5.39 Å². The van der Waals surface area contributed by atoms with Crippen LogP contribution < -0.4 is 24.8 Å². The van der Waals surface area contributed by atoms with Gasteiger partial charge in [-0.1, -0.05) is 26.0 Å². The molecule has 4 amide bonds. The fraction of sp³-hybridized carbons (Fsp3) is 0.634. The fourth-order valence-electron chi connectivity index (χ4n) is 7.77. The van der Waals surface area contributed by atoms with E-state index >= 15 is 0 Å². The number of amides is 4. The quantitative estimate of drug-likeness (QED) is 0.265. The van der Waals surface area contributed by atoms with E-state index < -0.39 is 85.9 Å². The number of sulfonamides is 1. The standard InChI is InChI=1S/C41H54F3N5O9S/c1-23(2)56-28-12-13-30-26(19-28)14-17-45-34(30)57-29-20-31-33(50)47-40(36(52)48-59(54,55)39(7)15-16-39)21-27(40)11-9-8-10-24(3)18-25(4)32(35(51)49(31)22-29)46-37(53)58-38(5,6)41(42,43)44/h9,11-14,17,19,23-25,27,29,31-32H,8,10,15-16,18,20-22H2,1-7H3,(H,46,53)(H,47,50)(H,48,52)/b11-9-/t24-,25+,27+,29+,31-,32-,40+/m0/s1. The maximum Gasteiger partial charge on any atom is 0.427 e. The summed E-state index contributed by atoms with van der Waals surface area (Å²) in [5.74, 6) is -2.83. The SMILES string of the molecule is CC(C)Oc1ccc2c(O[C@@H]3C[C@H]4C(=O)N[C@]5(C(=O)NS(=O)(=O)C6(C)CC6)C[C@H]5/C=C\CC[C@H](C)C[C@@H](C)[C@H](NC(=O)OC(C)(C)C(F)(F)F)C(=O)N4C3)nccc2c1. The molecule has 324 valence electrons. The molecule has 14 nitrogen and oxygen atoms in total. The number of hydrogen-bond acceptors (Lipinski definition) is 10. The Kier molecular flexibility index (Phi) is 12.0. The molecular weight excluding hydrogens is 796 g/mol. The van der Waals surface area contributed by atoms with Gasteiger partial charge in [0.25, 0.3) is 5.91 Å². The van der Waals surface area contributed by atoms with Crippen molar-refractivity contribution in [1.29, 1.82) is 0 Å². The van der Waals surface area contributed by atoms with Gasteiger partial charge in [0.2, 0.25) is 33.3 Å². The van der Waals surface area contributed by atoms with Gasteiger partial charge < -0.3 is 29.7 Å². The van der Waals surface area contributed by atoms with Crippen molar-refractivity contribution in [3.05, 3.63) is 42.6 Å². The number of carbonyl (C=O) groups is 4. The first-order chi connectivity index (χ1) is 27.4. The molecule has 7 atom stereocenters. The van der Waals surface area contributed by atoms with Crippen molar-refractivity contribution in [2.75, 3.05) is 6.54 Å². The zero-order valence-electron chi connectivity index (χ0n) is 34.4. The number of nitrogens with one attached hydrogen (secondary N) is 3. The third-order valence-electron chi connectivity index (χ3n) is 11.9. The van der Waals surface area contributed by atoms with Gasteiger partial charge in [-0.25, -0.2) is 18.2 Å². The average Bonchev–Trinajstić information content (AvgIpc) is 4.01. The predicted molar refractivity (Wildman–Crippen MR) is 211 cm³/mol. The van der Waals surface area contributed by atoms with E-state index in [1.54, 1.807) is 37.4 Å². The van der Waals surface area contributed by atoms with Crippen LogP contribution in [0.4, 0.5) is 18.0 Å². The minimum atomic E-state index is -4.91. The number of benzene rings is 1. The van der Waals surface area contributed by atoms with Crippen molar-refractivity contribution in [1.82, 2.24) is 25.2 Å². The molecule has 2 aliphatic carbocycles. The summed E-state index contributed by atoms with van der Waals surface area (Å²) in [5.41, 5.74) is -4.53. The Morgan fingerprint density at radius 2 is 1.80 bits per heavy atom.